The highest BCUT2D eigenvalue weighted by molar-refractivity contribution is 7.89. The Hall–Kier alpha value is -0.430. The van der Waals surface area contributed by atoms with Gasteiger partial charge in [0.25, 0.3) is 0 Å². The van der Waals surface area contributed by atoms with E-state index in [4.69, 9.17) is 0 Å². The molecule has 3 atom stereocenters. The van der Waals surface area contributed by atoms with Gasteiger partial charge in [0.05, 0.1) is 4.90 Å². The lowest BCUT2D eigenvalue weighted by Gasteiger charge is -2.19. The molecule has 0 bridgehead atoms. The molecule has 1 aromatic heterocycles. The van der Waals surface area contributed by atoms with Crippen molar-refractivity contribution >= 4 is 21.4 Å². The van der Waals surface area contributed by atoms with E-state index in [1.54, 1.807) is 11.4 Å². The fraction of sp³-hybridized carbons (Fsp3) is 0.714. The van der Waals surface area contributed by atoms with Gasteiger partial charge in [-0.25, -0.2) is 13.1 Å². The summed E-state index contributed by atoms with van der Waals surface area (Å²) in [5.41, 5.74) is 0. The van der Waals surface area contributed by atoms with Gasteiger partial charge < -0.3 is 5.32 Å². The number of thiophene rings is 1. The van der Waals surface area contributed by atoms with Gasteiger partial charge >= 0.3 is 0 Å². The molecular weight excluding hydrogens is 292 g/mol. The fourth-order valence-electron chi connectivity index (χ4n) is 2.64. The van der Waals surface area contributed by atoms with Gasteiger partial charge in [0, 0.05) is 22.8 Å². The monoisotopic (exact) mass is 316 g/mol. The molecule has 20 heavy (non-hydrogen) atoms. The van der Waals surface area contributed by atoms with Crippen molar-refractivity contribution in [3.05, 3.63) is 16.3 Å². The van der Waals surface area contributed by atoms with Gasteiger partial charge in [0.1, 0.15) is 0 Å². The van der Waals surface area contributed by atoms with Crippen LogP contribution in [0.25, 0.3) is 0 Å². The number of hydrogen-bond acceptors (Lipinski definition) is 4. The summed E-state index contributed by atoms with van der Waals surface area (Å²) in [6.45, 7) is 7.98. The third-order valence-corrected chi connectivity index (χ3v) is 6.82. The summed E-state index contributed by atoms with van der Waals surface area (Å²) in [7, 11) is -3.37. The number of nitrogens with one attached hydrogen (secondary N) is 2. The second-order valence-electron chi connectivity index (χ2n) is 5.67. The lowest BCUT2D eigenvalue weighted by atomic mass is 9.98. The van der Waals surface area contributed by atoms with Crippen molar-refractivity contribution in [1.29, 1.82) is 0 Å². The van der Waals surface area contributed by atoms with Crippen LogP contribution in [0.1, 0.15) is 38.5 Å². The lowest BCUT2D eigenvalue weighted by molar-refractivity contribution is 0.402. The van der Waals surface area contributed by atoms with Gasteiger partial charge in [0.2, 0.25) is 10.0 Å². The van der Waals surface area contributed by atoms with Gasteiger partial charge in [-0.1, -0.05) is 20.8 Å². The molecule has 1 aliphatic rings. The molecule has 114 valence electrons. The molecule has 2 rings (SSSR count). The maximum Gasteiger partial charge on any atom is 0.241 e. The molecule has 1 aliphatic carbocycles. The SMILES string of the molecule is CCNCc1cc(S(=O)(=O)NC2CCC(C)C2C)cs1. The predicted octanol–water partition coefficient (Wildman–Crippen LogP) is 2.57. The first kappa shape index (κ1) is 15.9. The largest absolute Gasteiger partial charge is 0.312 e. The molecule has 1 fully saturated rings. The van der Waals surface area contributed by atoms with Crippen LogP contribution < -0.4 is 10.0 Å². The van der Waals surface area contributed by atoms with E-state index < -0.39 is 10.0 Å². The Kier molecular flexibility index (Phi) is 5.23. The van der Waals surface area contributed by atoms with Crippen molar-refractivity contribution in [2.75, 3.05) is 6.54 Å². The molecule has 0 saturated heterocycles. The maximum absolute atomic E-state index is 12.4. The zero-order valence-corrected chi connectivity index (χ0v) is 14.0. The quantitative estimate of drug-likeness (QED) is 0.848. The first-order valence-electron chi connectivity index (χ1n) is 7.24. The van der Waals surface area contributed by atoms with Crippen LogP contribution >= 0.6 is 11.3 Å². The molecule has 0 radical (unpaired) electrons. The summed E-state index contributed by atoms with van der Waals surface area (Å²) in [6.07, 6.45) is 2.04. The molecule has 3 unspecified atom stereocenters. The standard InChI is InChI=1S/C14H24N2O2S2/c1-4-15-8-12-7-13(9-19-12)20(17,18)16-14-6-5-10(2)11(14)3/h7,9-11,14-16H,4-6,8H2,1-3H3. The van der Waals surface area contributed by atoms with E-state index in [-0.39, 0.29) is 6.04 Å². The smallest absolute Gasteiger partial charge is 0.241 e. The number of hydrogen-bond donors (Lipinski definition) is 2. The van der Waals surface area contributed by atoms with Gasteiger partial charge in [-0.15, -0.1) is 11.3 Å². The molecular formula is C14H24N2O2S2. The van der Waals surface area contributed by atoms with Crippen molar-refractivity contribution in [3.63, 3.8) is 0 Å². The van der Waals surface area contributed by atoms with Gasteiger partial charge in [-0.2, -0.15) is 0 Å². The Morgan fingerprint density at radius 2 is 2.10 bits per heavy atom. The molecule has 0 amide bonds. The Morgan fingerprint density at radius 1 is 1.35 bits per heavy atom. The average molecular weight is 316 g/mol. The van der Waals surface area contributed by atoms with Crippen molar-refractivity contribution in [3.8, 4) is 0 Å². The first-order valence-corrected chi connectivity index (χ1v) is 9.60. The summed E-state index contributed by atoms with van der Waals surface area (Å²) in [5, 5.41) is 4.94. The highest BCUT2D eigenvalue weighted by Crippen LogP contribution is 2.32. The van der Waals surface area contributed by atoms with Crippen molar-refractivity contribution in [1.82, 2.24) is 10.0 Å². The number of sulfonamides is 1. The maximum atomic E-state index is 12.4. The van der Waals surface area contributed by atoms with E-state index in [9.17, 15) is 8.42 Å². The predicted molar refractivity (Wildman–Crippen MR) is 83.4 cm³/mol. The van der Waals surface area contributed by atoms with Crippen LogP contribution in [0.3, 0.4) is 0 Å². The van der Waals surface area contributed by atoms with E-state index in [1.807, 2.05) is 6.92 Å². The van der Waals surface area contributed by atoms with Crippen LogP contribution in [0.2, 0.25) is 0 Å². The van der Waals surface area contributed by atoms with Gasteiger partial charge in [-0.05, 0) is 37.3 Å². The van der Waals surface area contributed by atoms with Crippen LogP contribution in [-0.4, -0.2) is 21.0 Å². The minimum absolute atomic E-state index is 0.0760. The van der Waals surface area contributed by atoms with Crippen molar-refractivity contribution in [2.24, 2.45) is 11.8 Å². The first-order chi connectivity index (χ1) is 9.44. The Morgan fingerprint density at radius 3 is 2.70 bits per heavy atom. The molecule has 1 heterocycles. The third-order valence-electron chi connectivity index (χ3n) is 4.26. The van der Waals surface area contributed by atoms with Crippen LogP contribution in [0, 0.1) is 11.8 Å². The number of rotatable bonds is 6. The Bertz CT molecular complexity index is 539. The average Bonchev–Trinajstić information content (AvgIpc) is 2.99. The van der Waals surface area contributed by atoms with Gasteiger partial charge in [-0.3, -0.25) is 0 Å². The van der Waals surface area contributed by atoms with Gasteiger partial charge in [0.15, 0.2) is 0 Å². The van der Waals surface area contributed by atoms with Crippen LogP contribution in [0.5, 0.6) is 0 Å². The molecule has 0 aromatic carbocycles. The molecule has 6 heteroatoms. The highest BCUT2D eigenvalue weighted by atomic mass is 32.2. The van der Waals surface area contributed by atoms with E-state index in [1.165, 1.54) is 11.3 Å². The fourth-order valence-corrected chi connectivity index (χ4v) is 5.25. The molecule has 4 nitrogen and oxygen atoms in total. The second-order valence-corrected chi connectivity index (χ2v) is 8.38. The lowest BCUT2D eigenvalue weighted by Crippen LogP contribution is -2.37. The summed E-state index contributed by atoms with van der Waals surface area (Å²) in [5.74, 6) is 0.999. The molecule has 1 saturated carbocycles. The minimum Gasteiger partial charge on any atom is -0.312 e. The van der Waals surface area contributed by atoms with Crippen molar-refractivity contribution < 1.29 is 8.42 Å². The minimum atomic E-state index is -3.37. The zero-order valence-electron chi connectivity index (χ0n) is 12.3. The summed E-state index contributed by atoms with van der Waals surface area (Å²) < 4.78 is 27.7. The molecule has 0 aliphatic heterocycles. The molecule has 2 N–H and O–H groups in total. The molecule has 0 spiro atoms. The summed E-state index contributed by atoms with van der Waals surface area (Å²) in [4.78, 5) is 1.46. The van der Waals surface area contributed by atoms with E-state index in [2.05, 4.69) is 23.9 Å². The summed E-state index contributed by atoms with van der Waals surface area (Å²) >= 11 is 1.49. The van der Waals surface area contributed by atoms with Crippen LogP contribution in [-0.2, 0) is 16.6 Å². The van der Waals surface area contributed by atoms with Crippen molar-refractivity contribution in [2.45, 2.75) is 51.1 Å². The van der Waals surface area contributed by atoms with E-state index in [0.29, 0.717) is 16.7 Å². The Labute approximate surface area is 126 Å². The normalized spacial score (nSPS) is 27.1. The highest BCUT2D eigenvalue weighted by Gasteiger charge is 2.33. The third kappa shape index (κ3) is 3.61. The van der Waals surface area contributed by atoms with E-state index >= 15 is 0 Å². The van der Waals surface area contributed by atoms with Crippen LogP contribution in [0.4, 0.5) is 0 Å². The summed E-state index contributed by atoms with van der Waals surface area (Å²) in [6, 6.07) is 1.85. The van der Waals surface area contributed by atoms with Crippen LogP contribution in [0.15, 0.2) is 16.3 Å². The Balaban J connectivity index is 2.05. The molecule has 1 aromatic rings. The zero-order chi connectivity index (χ0) is 14.8. The van der Waals surface area contributed by atoms with E-state index in [0.717, 1.165) is 30.8 Å². The second kappa shape index (κ2) is 6.56. The topological polar surface area (TPSA) is 58.2 Å².